The topological polar surface area (TPSA) is 49.5 Å². The summed E-state index contributed by atoms with van der Waals surface area (Å²) in [5, 5.41) is 9.76. The SMILES string of the molecule is CC(C)C(N)CCN(C)C1CCCC1O. The van der Waals surface area contributed by atoms with E-state index in [9.17, 15) is 5.11 Å². The summed E-state index contributed by atoms with van der Waals surface area (Å²) in [7, 11) is 2.10. The van der Waals surface area contributed by atoms with E-state index in [1.54, 1.807) is 0 Å². The Labute approximate surface area is 93.6 Å². The van der Waals surface area contributed by atoms with E-state index in [-0.39, 0.29) is 12.1 Å². The van der Waals surface area contributed by atoms with Gasteiger partial charge in [0.2, 0.25) is 0 Å². The van der Waals surface area contributed by atoms with E-state index in [1.807, 2.05) is 0 Å². The zero-order valence-corrected chi connectivity index (χ0v) is 10.3. The molecule has 0 amide bonds. The van der Waals surface area contributed by atoms with E-state index in [0.29, 0.717) is 12.0 Å². The Morgan fingerprint density at radius 1 is 1.40 bits per heavy atom. The molecule has 90 valence electrons. The number of hydrogen-bond donors (Lipinski definition) is 2. The smallest absolute Gasteiger partial charge is 0.0695 e. The molecule has 0 aliphatic heterocycles. The van der Waals surface area contributed by atoms with Crippen molar-refractivity contribution in [1.29, 1.82) is 0 Å². The number of nitrogens with two attached hydrogens (primary N) is 1. The van der Waals surface area contributed by atoms with Crippen molar-refractivity contribution in [3.63, 3.8) is 0 Å². The fourth-order valence-corrected chi connectivity index (χ4v) is 2.29. The summed E-state index contributed by atoms with van der Waals surface area (Å²) in [6.07, 6.45) is 4.16. The van der Waals surface area contributed by atoms with Gasteiger partial charge in [-0.25, -0.2) is 0 Å². The zero-order valence-electron chi connectivity index (χ0n) is 10.3. The van der Waals surface area contributed by atoms with E-state index < -0.39 is 0 Å². The lowest BCUT2D eigenvalue weighted by atomic mass is 10.0. The summed E-state index contributed by atoms with van der Waals surface area (Å²) in [6, 6.07) is 0.648. The Balaban J connectivity index is 2.26. The minimum atomic E-state index is -0.120. The van der Waals surface area contributed by atoms with Gasteiger partial charge in [-0.3, -0.25) is 0 Å². The minimum absolute atomic E-state index is 0.120. The summed E-state index contributed by atoms with van der Waals surface area (Å²) in [5.74, 6) is 0.548. The van der Waals surface area contributed by atoms with Crippen LogP contribution in [0.25, 0.3) is 0 Å². The zero-order chi connectivity index (χ0) is 11.4. The van der Waals surface area contributed by atoms with Crippen molar-refractivity contribution in [1.82, 2.24) is 4.90 Å². The van der Waals surface area contributed by atoms with Crippen LogP contribution in [0.15, 0.2) is 0 Å². The number of hydrogen-bond acceptors (Lipinski definition) is 3. The Hall–Kier alpha value is -0.120. The Kier molecular flexibility index (Phi) is 5.03. The molecule has 0 heterocycles. The minimum Gasteiger partial charge on any atom is -0.391 e. The second-order valence-electron chi connectivity index (χ2n) is 5.24. The molecule has 3 nitrogen and oxygen atoms in total. The van der Waals surface area contributed by atoms with Crippen LogP contribution >= 0.6 is 0 Å². The summed E-state index contributed by atoms with van der Waals surface area (Å²) in [4.78, 5) is 2.28. The summed E-state index contributed by atoms with van der Waals surface area (Å²) in [6.45, 7) is 5.32. The first-order chi connectivity index (χ1) is 7.02. The molecular formula is C12H26N2O. The molecule has 0 saturated heterocycles. The molecule has 0 radical (unpaired) electrons. The van der Waals surface area contributed by atoms with Gasteiger partial charge in [0.05, 0.1) is 6.10 Å². The predicted molar refractivity (Wildman–Crippen MR) is 63.7 cm³/mol. The third-order valence-electron chi connectivity index (χ3n) is 3.68. The van der Waals surface area contributed by atoms with Gasteiger partial charge >= 0.3 is 0 Å². The van der Waals surface area contributed by atoms with Gasteiger partial charge in [-0.05, 0) is 45.2 Å². The number of rotatable bonds is 5. The first-order valence-electron chi connectivity index (χ1n) is 6.16. The normalized spacial score (nSPS) is 29.0. The highest BCUT2D eigenvalue weighted by molar-refractivity contribution is 4.84. The number of nitrogens with zero attached hydrogens (tertiary/aromatic N) is 1. The van der Waals surface area contributed by atoms with Crippen LogP contribution in [0.4, 0.5) is 0 Å². The van der Waals surface area contributed by atoms with Crippen molar-refractivity contribution in [2.75, 3.05) is 13.6 Å². The van der Waals surface area contributed by atoms with Crippen molar-refractivity contribution < 1.29 is 5.11 Å². The molecule has 3 atom stereocenters. The third kappa shape index (κ3) is 3.74. The van der Waals surface area contributed by atoms with E-state index in [2.05, 4.69) is 25.8 Å². The predicted octanol–water partition coefficient (Wildman–Crippen LogP) is 1.20. The van der Waals surface area contributed by atoms with Crippen molar-refractivity contribution >= 4 is 0 Å². The fraction of sp³-hybridized carbons (Fsp3) is 1.00. The van der Waals surface area contributed by atoms with Crippen LogP contribution in [-0.4, -0.2) is 41.8 Å². The van der Waals surface area contributed by atoms with Gasteiger partial charge in [-0.15, -0.1) is 0 Å². The van der Waals surface area contributed by atoms with Crippen LogP contribution in [0.5, 0.6) is 0 Å². The first kappa shape index (κ1) is 12.9. The molecule has 1 rings (SSSR count). The van der Waals surface area contributed by atoms with Crippen LogP contribution in [0.2, 0.25) is 0 Å². The van der Waals surface area contributed by atoms with E-state index in [1.165, 1.54) is 0 Å². The molecule has 0 aromatic carbocycles. The van der Waals surface area contributed by atoms with Crippen LogP contribution < -0.4 is 5.73 Å². The molecule has 1 aliphatic carbocycles. The van der Waals surface area contributed by atoms with Crippen molar-refractivity contribution in [3.05, 3.63) is 0 Å². The van der Waals surface area contributed by atoms with E-state index in [0.717, 1.165) is 32.2 Å². The molecule has 3 heteroatoms. The first-order valence-corrected chi connectivity index (χ1v) is 6.16. The lowest BCUT2D eigenvalue weighted by Crippen LogP contribution is -2.40. The Bertz CT molecular complexity index is 184. The van der Waals surface area contributed by atoms with Gasteiger partial charge in [-0.1, -0.05) is 13.8 Å². The van der Waals surface area contributed by atoms with E-state index >= 15 is 0 Å². The molecule has 1 fully saturated rings. The highest BCUT2D eigenvalue weighted by Gasteiger charge is 2.28. The van der Waals surface area contributed by atoms with Crippen molar-refractivity contribution in [2.24, 2.45) is 11.7 Å². The quantitative estimate of drug-likeness (QED) is 0.723. The average molecular weight is 214 g/mol. The van der Waals surface area contributed by atoms with Crippen molar-refractivity contribution in [2.45, 2.75) is 57.7 Å². The molecule has 0 bridgehead atoms. The molecule has 3 N–H and O–H groups in total. The molecule has 1 saturated carbocycles. The van der Waals surface area contributed by atoms with Crippen LogP contribution in [0.1, 0.15) is 39.5 Å². The molecule has 3 unspecified atom stereocenters. The molecule has 0 aromatic heterocycles. The average Bonchev–Trinajstić information content (AvgIpc) is 2.60. The van der Waals surface area contributed by atoms with Gasteiger partial charge < -0.3 is 15.7 Å². The molecule has 0 aromatic rings. The fourth-order valence-electron chi connectivity index (χ4n) is 2.29. The van der Waals surface area contributed by atoms with Gasteiger partial charge in [0.1, 0.15) is 0 Å². The largest absolute Gasteiger partial charge is 0.391 e. The maximum Gasteiger partial charge on any atom is 0.0695 e. The second kappa shape index (κ2) is 5.83. The lowest BCUT2D eigenvalue weighted by Gasteiger charge is -2.28. The van der Waals surface area contributed by atoms with Crippen molar-refractivity contribution in [3.8, 4) is 0 Å². The number of likely N-dealkylation sites (N-methyl/N-ethyl adjacent to an activating group) is 1. The maximum absolute atomic E-state index is 9.76. The van der Waals surface area contributed by atoms with Gasteiger partial charge in [0.25, 0.3) is 0 Å². The molecular weight excluding hydrogens is 188 g/mol. The summed E-state index contributed by atoms with van der Waals surface area (Å²) < 4.78 is 0. The standard InChI is InChI=1S/C12H26N2O/c1-9(2)10(13)7-8-14(3)11-5-4-6-12(11)15/h9-12,15H,4-8,13H2,1-3H3. The van der Waals surface area contributed by atoms with Gasteiger partial charge in [0.15, 0.2) is 0 Å². The van der Waals surface area contributed by atoms with Crippen LogP contribution in [0, 0.1) is 5.92 Å². The Morgan fingerprint density at radius 3 is 2.53 bits per heavy atom. The van der Waals surface area contributed by atoms with Crippen LogP contribution in [-0.2, 0) is 0 Å². The number of aliphatic hydroxyl groups is 1. The van der Waals surface area contributed by atoms with Gasteiger partial charge in [-0.2, -0.15) is 0 Å². The lowest BCUT2D eigenvalue weighted by molar-refractivity contribution is 0.0839. The Morgan fingerprint density at radius 2 is 2.07 bits per heavy atom. The number of aliphatic hydroxyl groups excluding tert-OH is 1. The van der Waals surface area contributed by atoms with E-state index in [4.69, 9.17) is 5.73 Å². The molecule has 15 heavy (non-hydrogen) atoms. The highest BCUT2D eigenvalue weighted by Crippen LogP contribution is 2.23. The molecule has 1 aliphatic rings. The summed E-state index contributed by atoms with van der Waals surface area (Å²) >= 11 is 0. The van der Waals surface area contributed by atoms with Crippen LogP contribution in [0.3, 0.4) is 0 Å². The second-order valence-corrected chi connectivity index (χ2v) is 5.24. The molecule has 0 spiro atoms. The van der Waals surface area contributed by atoms with Gasteiger partial charge in [0, 0.05) is 12.1 Å². The maximum atomic E-state index is 9.76. The summed E-state index contributed by atoms with van der Waals surface area (Å²) in [5.41, 5.74) is 6.01. The highest BCUT2D eigenvalue weighted by atomic mass is 16.3. The monoisotopic (exact) mass is 214 g/mol. The third-order valence-corrected chi connectivity index (χ3v) is 3.68.